The molecule has 110 valence electrons. The van der Waals surface area contributed by atoms with Gasteiger partial charge in [0.2, 0.25) is 0 Å². The standard InChI is InChI=1S/C16H21ClFNO/c1-11-5-4-8-14(15(11)18)16(20)19-10-13-7-3-2-6-12(13)9-17/h4-5,8,12-13H,2-3,6-7,9-10H2,1H3,(H,19,20). The lowest BCUT2D eigenvalue weighted by atomic mass is 9.80. The van der Waals surface area contributed by atoms with Gasteiger partial charge in [-0.3, -0.25) is 4.79 Å². The van der Waals surface area contributed by atoms with Crippen molar-refractivity contribution in [2.24, 2.45) is 11.8 Å². The van der Waals surface area contributed by atoms with Crippen molar-refractivity contribution in [2.75, 3.05) is 12.4 Å². The summed E-state index contributed by atoms with van der Waals surface area (Å²) in [7, 11) is 0. The summed E-state index contributed by atoms with van der Waals surface area (Å²) in [6.07, 6.45) is 4.62. The molecule has 1 amide bonds. The van der Waals surface area contributed by atoms with Crippen molar-refractivity contribution in [1.82, 2.24) is 5.32 Å². The highest BCUT2D eigenvalue weighted by molar-refractivity contribution is 6.18. The molecule has 1 fully saturated rings. The number of carbonyl (C=O) groups excluding carboxylic acids is 1. The van der Waals surface area contributed by atoms with Crippen molar-refractivity contribution >= 4 is 17.5 Å². The Morgan fingerprint density at radius 2 is 2.05 bits per heavy atom. The summed E-state index contributed by atoms with van der Waals surface area (Å²) in [6.45, 7) is 2.25. The lowest BCUT2D eigenvalue weighted by molar-refractivity contribution is 0.0932. The average molecular weight is 298 g/mol. The van der Waals surface area contributed by atoms with Gasteiger partial charge in [-0.15, -0.1) is 11.6 Å². The fourth-order valence-electron chi connectivity index (χ4n) is 2.90. The van der Waals surface area contributed by atoms with E-state index in [4.69, 9.17) is 11.6 Å². The zero-order chi connectivity index (χ0) is 14.5. The van der Waals surface area contributed by atoms with Crippen LogP contribution in [0.5, 0.6) is 0 Å². The van der Waals surface area contributed by atoms with Crippen molar-refractivity contribution in [3.05, 3.63) is 35.1 Å². The summed E-state index contributed by atoms with van der Waals surface area (Å²) in [5, 5.41) is 2.86. The Balaban J connectivity index is 1.96. The first-order chi connectivity index (χ1) is 9.63. The summed E-state index contributed by atoms with van der Waals surface area (Å²) in [6, 6.07) is 4.89. The zero-order valence-electron chi connectivity index (χ0n) is 11.8. The monoisotopic (exact) mass is 297 g/mol. The topological polar surface area (TPSA) is 29.1 Å². The maximum Gasteiger partial charge on any atom is 0.254 e. The Labute approximate surface area is 124 Å². The summed E-state index contributed by atoms with van der Waals surface area (Å²) in [5.41, 5.74) is 0.622. The third-order valence-electron chi connectivity index (χ3n) is 4.23. The molecule has 1 aromatic carbocycles. The number of benzene rings is 1. The predicted octanol–water partition coefficient (Wildman–Crippen LogP) is 3.91. The van der Waals surface area contributed by atoms with Crippen LogP contribution in [0.15, 0.2) is 18.2 Å². The fourth-order valence-corrected chi connectivity index (χ4v) is 3.30. The number of nitrogens with one attached hydrogen (secondary N) is 1. The highest BCUT2D eigenvalue weighted by Crippen LogP contribution is 2.30. The normalized spacial score (nSPS) is 22.6. The van der Waals surface area contributed by atoms with Gasteiger partial charge in [-0.2, -0.15) is 0 Å². The Bertz CT molecular complexity index is 478. The molecule has 0 bridgehead atoms. The fraction of sp³-hybridized carbons (Fsp3) is 0.562. The molecule has 1 aliphatic carbocycles. The number of rotatable bonds is 4. The van der Waals surface area contributed by atoms with Gasteiger partial charge in [-0.25, -0.2) is 4.39 Å². The van der Waals surface area contributed by atoms with E-state index in [0.29, 0.717) is 29.8 Å². The molecule has 0 spiro atoms. The Hall–Kier alpha value is -1.09. The van der Waals surface area contributed by atoms with Crippen LogP contribution in [0, 0.1) is 24.6 Å². The van der Waals surface area contributed by atoms with E-state index in [9.17, 15) is 9.18 Å². The first kappa shape index (κ1) is 15.3. The van der Waals surface area contributed by atoms with Gasteiger partial charge in [0.05, 0.1) is 5.56 Å². The third kappa shape index (κ3) is 3.51. The van der Waals surface area contributed by atoms with Crippen LogP contribution >= 0.6 is 11.6 Å². The van der Waals surface area contributed by atoms with Crippen LogP contribution < -0.4 is 5.32 Å². The van der Waals surface area contributed by atoms with Gasteiger partial charge in [-0.05, 0) is 43.2 Å². The highest BCUT2D eigenvalue weighted by atomic mass is 35.5. The number of alkyl halides is 1. The van der Waals surface area contributed by atoms with Gasteiger partial charge >= 0.3 is 0 Å². The van der Waals surface area contributed by atoms with Gasteiger partial charge in [0.25, 0.3) is 5.91 Å². The number of carbonyl (C=O) groups is 1. The SMILES string of the molecule is Cc1cccc(C(=O)NCC2CCCCC2CCl)c1F. The third-order valence-corrected chi connectivity index (χ3v) is 4.62. The van der Waals surface area contributed by atoms with E-state index in [1.54, 1.807) is 19.1 Å². The average Bonchev–Trinajstić information content (AvgIpc) is 2.48. The molecule has 1 saturated carbocycles. The number of hydrogen-bond acceptors (Lipinski definition) is 1. The largest absolute Gasteiger partial charge is 0.352 e. The molecule has 1 N–H and O–H groups in total. The van der Waals surface area contributed by atoms with Gasteiger partial charge in [0.15, 0.2) is 0 Å². The van der Waals surface area contributed by atoms with E-state index in [1.165, 1.54) is 18.9 Å². The summed E-state index contributed by atoms with van der Waals surface area (Å²) in [4.78, 5) is 12.1. The minimum atomic E-state index is -0.428. The Morgan fingerprint density at radius 3 is 2.75 bits per heavy atom. The zero-order valence-corrected chi connectivity index (χ0v) is 12.5. The van der Waals surface area contributed by atoms with Crippen LogP contribution in [0.1, 0.15) is 41.6 Å². The molecule has 2 atom stereocenters. The molecule has 4 heteroatoms. The molecule has 0 saturated heterocycles. The Kier molecular flexibility index (Phi) is 5.41. The van der Waals surface area contributed by atoms with Crippen molar-refractivity contribution in [1.29, 1.82) is 0 Å². The lowest BCUT2D eigenvalue weighted by Gasteiger charge is -2.30. The molecule has 0 heterocycles. The highest BCUT2D eigenvalue weighted by Gasteiger charge is 2.25. The van der Waals surface area contributed by atoms with Crippen molar-refractivity contribution in [3.63, 3.8) is 0 Å². The quantitative estimate of drug-likeness (QED) is 0.839. The van der Waals surface area contributed by atoms with Crippen LogP contribution in [0.25, 0.3) is 0 Å². The second kappa shape index (κ2) is 7.07. The minimum absolute atomic E-state index is 0.128. The summed E-state index contributed by atoms with van der Waals surface area (Å²) < 4.78 is 13.9. The number of amides is 1. The Morgan fingerprint density at radius 1 is 1.35 bits per heavy atom. The number of halogens is 2. The van der Waals surface area contributed by atoms with Crippen LogP contribution in [0.3, 0.4) is 0 Å². The lowest BCUT2D eigenvalue weighted by Crippen LogP contribution is -2.35. The van der Waals surface area contributed by atoms with Gasteiger partial charge in [0, 0.05) is 12.4 Å². The maximum atomic E-state index is 13.9. The molecule has 0 aromatic heterocycles. The molecule has 1 aliphatic rings. The van der Waals surface area contributed by atoms with Crippen LogP contribution in [-0.4, -0.2) is 18.3 Å². The van der Waals surface area contributed by atoms with Crippen LogP contribution in [-0.2, 0) is 0 Å². The molecular formula is C16H21ClFNO. The molecule has 2 unspecified atom stereocenters. The first-order valence-corrected chi connectivity index (χ1v) is 7.76. The van der Waals surface area contributed by atoms with Gasteiger partial charge in [-0.1, -0.05) is 25.0 Å². The molecule has 0 radical (unpaired) electrons. The van der Waals surface area contributed by atoms with E-state index in [-0.39, 0.29) is 11.5 Å². The van der Waals surface area contributed by atoms with Crippen LogP contribution in [0.4, 0.5) is 4.39 Å². The molecule has 2 nitrogen and oxygen atoms in total. The van der Waals surface area contributed by atoms with Crippen molar-refractivity contribution in [3.8, 4) is 0 Å². The molecule has 1 aromatic rings. The summed E-state index contributed by atoms with van der Waals surface area (Å²) in [5.74, 6) is 0.762. The smallest absolute Gasteiger partial charge is 0.254 e. The van der Waals surface area contributed by atoms with E-state index < -0.39 is 5.82 Å². The molecule has 0 aliphatic heterocycles. The van der Waals surface area contributed by atoms with Gasteiger partial charge in [0.1, 0.15) is 5.82 Å². The van der Waals surface area contributed by atoms with Gasteiger partial charge < -0.3 is 5.32 Å². The number of aryl methyl sites for hydroxylation is 1. The van der Waals surface area contributed by atoms with Crippen molar-refractivity contribution in [2.45, 2.75) is 32.6 Å². The predicted molar refractivity (Wildman–Crippen MR) is 79.6 cm³/mol. The minimum Gasteiger partial charge on any atom is -0.352 e. The second-order valence-corrected chi connectivity index (χ2v) is 5.91. The first-order valence-electron chi connectivity index (χ1n) is 7.22. The molecular weight excluding hydrogens is 277 g/mol. The van der Waals surface area contributed by atoms with E-state index in [1.807, 2.05) is 0 Å². The van der Waals surface area contributed by atoms with E-state index >= 15 is 0 Å². The molecule has 2 rings (SSSR count). The number of hydrogen-bond donors (Lipinski definition) is 1. The van der Waals surface area contributed by atoms with E-state index in [0.717, 1.165) is 12.8 Å². The van der Waals surface area contributed by atoms with Crippen LogP contribution in [0.2, 0.25) is 0 Å². The summed E-state index contributed by atoms with van der Waals surface area (Å²) >= 11 is 5.98. The maximum absolute atomic E-state index is 13.9. The van der Waals surface area contributed by atoms with E-state index in [2.05, 4.69) is 5.32 Å². The molecule has 20 heavy (non-hydrogen) atoms. The second-order valence-electron chi connectivity index (χ2n) is 5.61. The van der Waals surface area contributed by atoms with Crippen molar-refractivity contribution < 1.29 is 9.18 Å².